The van der Waals surface area contributed by atoms with Gasteiger partial charge in [0.1, 0.15) is 0 Å². The molecule has 0 fully saturated rings. The third-order valence-corrected chi connectivity index (χ3v) is 4.26. The van der Waals surface area contributed by atoms with E-state index >= 15 is 0 Å². The maximum Gasteiger partial charge on any atom is 0.240 e. The molecule has 102 valence electrons. The highest BCUT2D eigenvalue weighted by molar-refractivity contribution is 7.89. The van der Waals surface area contributed by atoms with Gasteiger partial charge in [0.15, 0.2) is 0 Å². The minimum atomic E-state index is -3.50. The monoisotopic (exact) mass is 280 g/mol. The molecule has 3 N–H and O–H groups in total. The summed E-state index contributed by atoms with van der Waals surface area (Å²) in [6.07, 6.45) is 1.61. The van der Waals surface area contributed by atoms with E-state index in [1.807, 2.05) is 6.92 Å². The van der Waals surface area contributed by atoms with E-state index in [9.17, 15) is 8.42 Å². The van der Waals surface area contributed by atoms with Crippen molar-refractivity contribution in [1.82, 2.24) is 14.9 Å². The molecule has 0 aliphatic heterocycles. The number of nitrogens with one attached hydrogen (secondary N) is 3. The summed E-state index contributed by atoms with van der Waals surface area (Å²) in [6.45, 7) is 2.07. The number of hydrogen-bond acceptors (Lipinski definition) is 4. The molecule has 0 aliphatic rings. The second-order valence-electron chi connectivity index (χ2n) is 4.12. The number of sulfonamides is 1. The molecule has 0 aliphatic carbocycles. The number of benzene rings is 1. The minimum absolute atomic E-state index is 0.221. The van der Waals surface area contributed by atoms with Gasteiger partial charge in [0.05, 0.1) is 11.1 Å². The lowest BCUT2D eigenvalue weighted by atomic mass is 10.3. The number of rotatable bonds is 5. The normalized spacial score (nSPS) is 11.5. The van der Waals surface area contributed by atoms with Crippen LogP contribution in [0.25, 0.3) is 0 Å². The summed E-state index contributed by atoms with van der Waals surface area (Å²) >= 11 is 0. The van der Waals surface area contributed by atoms with E-state index in [0.29, 0.717) is 0 Å². The van der Waals surface area contributed by atoms with Crippen LogP contribution < -0.4 is 10.0 Å². The van der Waals surface area contributed by atoms with E-state index in [4.69, 9.17) is 0 Å². The fraction of sp³-hybridized carbons (Fsp3) is 0.250. The molecule has 1 aromatic heterocycles. The van der Waals surface area contributed by atoms with Crippen LogP contribution in [0.3, 0.4) is 0 Å². The van der Waals surface area contributed by atoms with Crippen molar-refractivity contribution >= 4 is 15.7 Å². The van der Waals surface area contributed by atoms with Crippen LogP contribution in [0.2, 0.25) is 0 Å². The molecule has 6 nitrogen and oxygen atoms in total. The van der Waals surface area contributed by atoms with Gasteiger partial charge in [-0.25, -0.2) is 13.1 Å². The van der Waals surface area contributed by atoms with Crippen LogP contribution in [0.15, 0.2) is 35.4 Å². The molecule has 0 bridgehead atoms. The van der Waals surface area contributed by atoms with Gasteiger partial charge in [-0.15, -0.1) is 0 Å². The Morgan fingerprint density at radius 1 is 1.26 bits per heavy atom. The maximum absolute atomic E-state index is 12.1. The predicted molar refractivity (Wildman–Crippen MR) is 73.3 cm³/mol. The largest absolute Gasteiger partial charge is 0.388 e. The first-order valence-corrected chi connectivity index (χ1v) is 7.27. The average molecular weight is 280 g/mol. The van der Waals surface area contributed by atoms with Crippen LogP contribution in [0.4, 0.5) is 5.69 Å². The number of aromatic amines is 1. The lowest BCUT2D eigenvalue weighted by molar-refractivity contribution is 0.581. The molecule has 1 aromatic carbocycles. The van der Waals surface area contributed by atoms with Crippen LogP contribution in [0.1, 0.15) is 11.3 Å². The average Bonchev–Trinajstić information content (AvgIpc) is 2.82. The second-order valence-corrected chi connectivity index (χ2v) is 5.89. The van der Waals surface area contributed by atoms with Crippen molar-refractivity contribution in [2.45, 2.75) is 18.4 Å². The predicted octanol–water partition coefficient (Wildman–Crippen LogP) is 1.24. The van der Waals surface area contributed by atoms with E-state index in [1.165, 1.54) is 0 Å². The standard InChI is InChI=1S/C12H16N4O2S/c1-9-10(7-14-16-9)8-15-19(17,18)12-5-3-11(13-2)4-6-12/h3-7,13,15H,8H2,1-2H3,(H,14,16). The molecule has 0 spiro atoms. The Morgan fingerprint density at radius 2 is 1.95 bits per heavy atom. The van der Waals surface area contributed by atoms with Gasteiger partial charge < -0.3 is 5.32 Å². The summed E-state index contributed by atoms with van der Waals surface area (Å²) in [6, 6.07) is 6.57. The number of nitrogens with zero attached hydrogens (tertiary/aromatic N) is 1. The van der Waals surface area contributed by atoms with Gasteiger partial charge in [-0.2, -0.15) is 5.10 Å². The highest BCUT2D eigenvalue weighted by Gasteiger charge is 2.14. The van der Waals surface area contributed by atoms with Crippen LogP contribution in [-0.4, -0.2) is 25.7 Å². The number of aryl methyl sites for hydroxylation is 1. The molecule has 7 heteroatoms. The van der Waals surface area contributed by atoms with Gasteiger partial charge in [-0.1, -0.05) is 0 Å². The smallest absolute Gasteiger partial charge is 0.240 e. The first-order chi connectivity index (χ1) is 9.03. The van der Waals surface area contributed by atoms with Crippen molar-refractivity contribution in [3.8, 4) is 0 Å². The number of aromatic nitrogens is 2. The molecule has 1 heterocycles. The van der Waals surface area contributed by atoms with Crippen molar-refractivity contribution < 1.29 is 8.42 Å². The van der Waals surface area contributed by atoms with Crippen LogP contribution in [0.5, 0.6) is 0 Å². The summed E-state index contributed by atoms with van der Waals surface area (Å²) in [5, 5.41) is 9.56. The molecule has 0 radical (unpaired) electrons. The Hall–Kier alpha value is -1.86. The topological polar surface area (TPSA) is 86.9 Å². The summed E-state index contributed by atoms with van der Waals surface area (Å²) in [5.74, 6) is 0. The SMILES string of the molecule is CNc1ccc(S(=O)(=O)NCc2cn[nH]c2C)cc1. The van der Waals surface area contributed by atoms with Crippen molar-refractivity contribution in [2.24, 2.45) is 0 Å². The number of anilines is 1. The van der Waals surface area contributed by atoms with E-state index in [0.717, 1.165) is 16.9 Å². The maximum atomic E-state index is 12.1. The molecule has 0 saturated carbocycles. The Kier molecular flexibility index (Phi) is 3.87. The third-order valence-electron chi connectivity index (χ3n) is 2.84. The molecule has 0 saturated heterocycles. The first kappa shape index (κ1) is 13.6. The van der Waals surface area contributed by atoms with E-state index in [-0.39, 0.29) is 11.4 Å². The van der Waals surface area contributed by atoms with Crippen LogP contribution in [-0.2, 0) is 16.6 Å². The highest BCUT2D eigenvalue weighted by Crippen LogP contribution is 2.14. The lowest BCUT2D eigenvalue weighted by Gasteiger charge is -2.07. The van der Waals surface area contributed by atoms with E-state index < -0.39 is 10.0 Å². The van der Waals surface area contributed by atoms with Crippen LogP contribution >= 0.6 is 0 Å². The Morgan fingerprint density at radius 3 is 2.47 bits per heavy atom. The van der Waals surface area contributed by atoms with Gasteiger partial charge in [0.25, 0.3) is 0 Å². The minimum Gasteiger partial charge on any atom is -0.388 e. The Bertz CT molecular complexity index is 647. The van der Waals surface area contributed by atoms with Gasteiger partial charge in [-0.05, 0) is 31.2 Å². The van der Waals surface area contributed by atoms with Gasteiger partial charge in [0.2, 0.25) is 10.0 Å². The molecule has 2 rings (SSSR count). The van der Waals surface area contributed by atoms with Crippen molar-refractivity contribution in [3.05, 3.63) is 41.7 Å². The van der Waals surface area contributed by atoms with Gasteiger partial charge >= 0.3 is 0 Å². The quantitative estimate of drug-likeness (QED) is 0.769. The molecule has 2 aromatic rings. The molecule has 0 atom stereocenters. The summed E-state index contributed by atoms with van der Waals surface area (Å²) < 4.78 is 26.7. The summed E-state index contributed by atoms with van der Waals surface area (Å²) in [4.78, 5) is 0.243. The zero-order chi connectivity index (χ0) is 13.9. The van der Waals surface area contributed by atoms with Crippen molar-refractivity contribution in [3.63, 3.8) is 0 Å². The first-order valence-electron chi connectivity index (χ1n) is 5.79. The lowest BCUT2D eigenvalue weighted by Crippen LogP contribution is -2.23. The fourth-order valence-electron chi connectivity index (χ4n) is 1.61. The molecule has 0 unspecified atom stereocenters. The molecule has 19 heavy (non-hydrogen) atoms. The zero-order valence-corrected chi connectivity index (χ0v) is 11.6. The molecular formula is C12H16N4O2S. The molecule has 0 amide bonds. The Balaban J connectivity index is 2.11. The number of H-pyrrole nitrogens is 1. The van der Waals surface area contributed by atoms with Gasteiger partial charge in [-0.3, -0.25) is 5.10 Å². The number of hydrogen-bond donors (Lipinski definition) is 3. The fourth-order valence-corrected chi connectivity index (χ4v) is 2.62. The third kappa shape index (κ3) is 3.12. The Labute approximate surface area is 112 Å². The van der Waals surface area contributed by atoms with Crippen molar-refractivity contribution in [1.29, 1.82) is 0 Å². The van der Waals surface area contributed by atoms with E-state index in [1.54, 1.807) is 37.5 Å². The second kappa shape index (κ2) is 5.41. The van der Waals surface area contributed by atoms with Crippen molar-refractivity contribution in [2.75, 3.05) is 12.4 Å². The van der Waals surface area contributed by atoms with Gasteiger partial charge in [0, 0.05) is 30.5 Å². The summed E-state index contributed by atoms with van der Waals surface area (Å²) in [7, 11) is -1.72. The molecular weight excluding hydrogens is 264 g/mol. The van der Waals surface area contributed by atoms with E-state index in [2.05, 4.69) is 20.2 Å². The highest BCUT2D eigenvalue weighted by atomic mass is 32.2. The van der Waals surface area contributed by atoms with Crippen LogP contribution in [0, 0.1) is 6.92 Å². The summed E-state index contributed by atoms with van der Waals surface area (Å²) in [5.41, 5.74) is 2.55. The zero-order valence-electron chi connectivity index (χ0n) is 10.8.